The Kier molecular flexibility index (Phi) is 3.45. The van der Waals surface area contributed by atoms with Crippen LogP contribution in [0.15, 0.2) is 0 Å². The molecule has 3 heteroatoms. The van der Waals surface area contributed by atoms with Crippen LogP contribution in [0.5, 0.6) is 0 Å². The Morgan fingerprint density at radius 2 is 2.15 bits per heavy atom. The predicted octanol–water partition coefficient (Wildman–Crippen LogP) is 0.600. The van der Waals surface area contributed by atoms with Gasteiger partial charge in [-0.25, -0.2) is 0 Å². The number of hydrogen-bond acceptors (Lipinski definition) is 3. The maximum atomic E-state index is 11.2. The van der Waals surface area contributed by atoms with E-state index < -0.39 is 0 Å². The highest BCUT2D eigenvalue weighted by Gasteiger charge is 2.28. The fraction of sp³-hybridized carbons (Fsp3) is 0.900. The van der Waals surface area contributed by atoms with E-state index in [1.54, 1.807) is 6.92 Å². The molecule has 0 aromatic heterocycles. The number of ketones is 1. The number of carbonyl (C=O) groups is 1. The molecule has 3 nitrogen and oxygen atoms in total. The highest BCUT2D eigenvalue weighted by molar-refractivity contribution is 5.80. The van der Waals surface area contributed by atoms with E-state index in [2.05, 4.69) is 23.9 Å². The molecule has 13 heavy (non-hydrogen) atoms. The van der Waals surface area contributed by atoms with Crippen molar-refractivity contribution >= 4 is 5.78 Å². The van der Waals surface area contributed by atoms with Crippen LogP contribution in [0.3, 0.4) is 0 Å². The molecule has 0 N–H and O–H groups in total. The number of likely N-dealkylation sites (N-methyl/N-ethyl adjacent to an activating group) is 1. The van der Waals surface area contributed by atoms with Crippen LogP contribution in [0.2, 0.25) is 0 Å². The summed E-state index contributed by atoms with van der Waals surface area (Å²) in [7, 11) is 4.21. The van der Waals surface area contributed by atoms with Gasteiger partial charge in [0.1, 0.15) is 5.78 Å². The first-order valence-corrected chi connectivity index (χ1v) is 4.93. The highest BCUT2D eigenvalue weighted by atomic mass is 16.1. The molecule has 0 aromatic rings. The molecule has 0 saturated carbocycles. The minimum absolute atomic E-state index is 0.102. The van der Waals surface area contributed by atoms with Gasteiger partial charge in [0.2, 0.25) is 0 Å². The molecular formula is C10H20N2O. The van der Waals surface area contributed by atoms with Crippen LogP contribution in [0.4, 0.5) is 0 Å². The maximum absolute atomic E-state index is 11.2. The Balaban J connectivity index is 2.45. The summed E-state index contributed by atoms with van der Waals surface area (Å²) in [6.45, 7) is 5.77. The van der Waals surface area contributed by atoms with Crippen LogP contribution in [-0.4, -0.2) is 54.9 Å². The van der Waals surface area contributed by atoms with Crippen LogP contribution >= 0.6 is 0 Å². The lowest BCUT2D eigenvalue weighted by molar-refractivity contribution is -0.121. The molecule has 0 aromatic carbocycles. The summed E-state index contributed by atoms with van der Waals surface area (Å²) in [4.78, 5) is 15.7. The van der Waals surface area contributed by atoms with Crippen molar-refractivity contribution in [3.8, 4) is 0 Å². The van der Waals surface area contributed by atoms with Crippen molar-refractivity contribution in [3.05, 3.63) is 0 Å². The molecule has 0 amide bonds. The molecule has 2 unspecified atom stereocenters. The van der Waals surface area contributed by atoms with E-state index in [0.29, 0.717) is 6.04 Å². The van der Waals surface area contributed by atoms with Crippen LogP contribution in [0.25, 0.3) is 0 Å². The second kappa shape index (κ2) is 4.20. The van der Waals surface area contributed by atoms with Gasteiger partial charge in [-0.3, -0.25) is 9.69 Å². The molecule has 0 aliphatic carbocycles. The van der Waals surface area contributed by atoms with E-state index in [9.17, 15) is 4.79 Å². The topological polar surface area (TPSA) is 23.6 Å². The Labute approximate surface area is 80.7 Å². The first kappa shape index (κ1) is 10.7. The minimum Gasteiger partial charge on any atom is -0.305 e. The number of rotatable bonds is 3. The molecule has 0 bridgehead atoms. The Bertz CT molecular complexity index is 191. The van der Waals surface area contributed by atoms with Crippen molar-refractivity contribution in [3.63, 3.8) is 0 Å². The molecule has 1 aliphatic rings. The minimum atomic E-state index is 0.102. The summed E-state index contributed by atoms with van der Waals surface area (Å²) < 4.78 is 0. The van der Waals surface area contributed by atoms with Crippen molar-refractivity contribution in [2.24, 2.45) is 0 Å². The van der Waals surface area contributed by atoms with Gasteiger partial charge in [-0.1, -0.05) is 0 Å². The van der Waals surface area contributed by atoms with Gasteiger partial charge in [0.05, 0.1) is 6.04 Å². The van der Waals surface area contributed by atoms with Crippen molar-refractivity contribution in [1.82, 2.24) is 9.80 Å². The first-order chi connectivity index (χ1) is 6.02. The summed E-state index contributed by atoms with van der Waals surface area (Å²) >= 11 is 0. The van der Waals surface area contributed by atoms with Gasteiger partial charge in [-0.15, -0.1) is 0 Å². The van der Waals surface area contributed by atoms with Crippen LogP contribution in [-0.2, 0) is 4.79 Å². The zero-order chi connectivity index (χ0) is 10.0. The number of nitrogens with zero attached hydrogens (tertiary/aromatic N) is 2. The van der Waals surface area contributed by atoms with Gasteiger partial charge in [0.25, 0.3) is 0 Å². The van der Waals surface area contributed by atoms with Gasteiger partial charge in [-0.2, -0.15) is 0 Å². The highest BCUT2D eigenvalue weighted by Crippen LogP contribution is 2.16. The number of carbonyl (C=O) groups excluding carboxylic acids is 1. The maximum Gasteiger partial charge on any atom is 0.146 e. The molecule has 0 radical (unpaired) electrons. The lowest BCUT2D eigenvalue weighted by atomic mass is 10.2. The summed E-state index contributed by atoms with van der Waals surface area (Å²) in [6, 6.07) is 0.728. The van der Waals surface area contributed by atoms with Gasteiger partial charge < -0.3 is 4.90 Å². The molecule has 1 aliphatic heterocycles. The number of Topliss-reactive ketones (excluding diaryl/α,β-unsaturated/α-hetero) is 1. The molecular weight excluding hydrogens is 164 g/mol. The third-order valence-electron chi connectivity index (χ3n) is 3.06. The van der Waals surface area contributed by atoms with Crippen LogP contribution in [0, 0.1) is 0 Å². The SMILES string of the molecule is CC(=O)C(C)N1CCC(N(C)C)C1. The third-order valence-corrected chi connectivity index (χ3v) is 3.06. The third kappa shape index (κ3) is 2.51. The summed E-state index contributed by atoms with van der Waals surface area (Å²) in [5, 5.41) is 0. The summed E-state index contributed by atoms with van der Waals surface area (Å²) in [5.41, 5.74) is 0. The fourth-order valence-electron chi connectivity index (χ4n) is 1.80. The van der Waals surface area contributed by atoms with E-state index in [4.69, 9.17) is 0 Å². The van der Waals surface area contributed by atoms with E-state index in [1.165, 1.54) is 6.42 Å². The van der Waals surface area contributed by atoms with Crippen LogP contribution in [0.1, 0.15) is 20.3 Å². The summed E-state index contributed by atoms with van der Waals surface area (Å²) in [5.74, 6) is 0.277. The molecule has 1 heterocycles. The van der Waals surface area contributed by atoms with Crippen molar-refractivity contribution in [2.75, 3.05) is 27.2 Å². The average molecular weight is 184 g/mol. The van der Waals surface area contributed by atoms with Crippen molar-refractivity contribution in [1.29, 1.82) is 0 Å². The van der Waals surface area contributed by atoms with E-state index in [0.717, 1.165) is 13.1 Å². The van der Waals surface area contributed by atoms with E-state index in [1.807, 2.05) is 6.92 Å². The number of likely N-dealkylation sites (tertiary alicyclic amines) is 1. The molecule has 0 spiro atoms. The normalized spacial score (nSPS) is 26.7. The molecule has 1 saturated heterocycles. The standard InChI is InChI=1S/C10H20N2O/c1-8(9(2)13)12-6-5-10(7-12)11(3)4/h8,10H,5-7H2,1-4H3. The van der Waals surface area contributed by atoms with E-state index >= 15 is 0 Å². The monoisotopic (exact) mass is 184 g/mol. The molecule has 76 valence electrons. The second-order valence-electron chi connectivity index (χ2n) is 4.19. The van der Waals surface area contributed by atoms with Gasteiger partial charge in [-0.05, 0) is 34.4 Å². The average Bonchev–Trinajstić information content (AvgIpc) is 2.50. The Hall–Kier alpha value is -0.410. The summed E-state index contributed by atoms with van der Waals surface area (Å²) in [6.07, 6.45) is 1.19. The second-order valence-corrected chi connectivity index (χ2v) is 4.19. The lowest BCUT2D eigenvalue weighted by Crippen LogP contribution is -2.38. The van der Waals surface area contributed by atoms with Crippen molar-refractivity contribution < 1.29 is 4.79 Å². The van der Waals surface area contributed by atoms with Crippen LogP contribution < -0.4 is 0 Å². The van der Waals surface area contributed by atoms with Crippen molar-refractivity contribution in [2.45, 2.75) is 32.4 Å². The zero-order valence-electron chi connectivity index (χ0n) is 9.08. The van der Waals surface area contributed by atoms with Gasteiger partial charge >= 0.3 is 0 Å². The zero-order valence-corrected chi connectivity index (χ0v) is 9.08. The Morgan fingerprint density at radius 1 is 1.54 bits per heavy atom. The fourth-order valence-corrected chi connectivity index (χ4v) is 1.80. The Morgan fingerprint density at radius 3 is 2.54 bits per heavy atom. The first-order valence-electron chi connectivity index (χ1n) is 4.93. The van der Waals surface area contributed by atoms with Gasteiger partial charge in [0.15, 0.2) is 0 Å². The van der Waals surface area contributed by atoms with E-state index in [-0.39, 0.29) is 11.8 Å². The number of hydrogen-bond donors (Lipinski definition) is 0. The largest absolute Gasteiger partial charge is 0.305 e. The molecule has 1 rings (SSSR count). The molecule has 2 atom stereocenters. The van der Waals surface area contributed by atoms with Gasteiger partial charge in [0, 0.05) is 19.1 Å². The molecule has 1 fully saturated rings. The quantitative estimate of drug-likeness (QED) is 0.641. The lowest BCUT2D eigenvalue weighted by Gasteiger charge is -2.23. The smallest absolute Gasteiger partial charge is 0.146 e. The predicted molar refractivity (Wildman–Crippen MR) is 53.8 cm³/mol.